The van der Waals surface area contributed by atoms with Crippen LogP contribution in [0.1, 0.15) is 53.4 Å². The van der Waals surface area contributed by atoms with Gasteiger partial charge in [0, 0.05) is 26.2 Å². The molecule has 5 nitrogen and oxygen atoms in total. The molecule has 2 amide bonds. The summed E-state index contributed by atoms with van der Waals surface area (Å²) in [5.41, 5.74) is 0. The minimum Gasteiger partial charge on any atom is -0.354 e. The summed E-state index contributed by atoms with van der Waals surface area (Å²) in [6.07, 6.45) is 4.20. The largest absolute Gasteiger partial charge is 0.354 e. The molecular weight excluding hydrogens is 302 g/mol. The van der Waals surface area contributed by atoms with Crippen LogP contribution in [-0.4, -0.2) is 60.4 Å². The molecule has 0 aromatic carbocycles. The fourth-order valence-corrected chi connectivity index (χ4v) is 3.67. The number of hydrogen-bond acceptors (Lipinski definition) is 3. The van der Waals surface area contributed by atoms with E-state index in [4.69, 9.17) is 0 Å². The summed E-state index contributed by atoms with van der Waals surface area (Å²) in [4.78, 5) is 29.4. The van der Waals surface area contributed by atoms with Crippen LogP contribution in [0.2, 0.25) is 0 Å². The average molecular weight is 338 g/mol. The summed E-state index contributed by atoms with van der Waals surface area (Å²) in [6, 6.07) is -0.152. The molecule has 0 aliphatic carbocycles. The minimum absolute atomic E-state index is 0.0625. The van der Waals surface area contributed by atoms with Gasteiger partial charge < -0.3 is 10.2 Å². The number of nitrogens with zero attached hydrogens (tertiary/aromatic N) is 2. The first-order valence-electron chi connectivity index (χ1n) is 9.69. The Balaban J connectivity index is 1.86. The predicted molar refractivity (Wildman–Crippen MR) is 96.6 cm³/mol. The highest BCUT2D eigenvalue weighted by Gasteiger charge is 2.33. The second kappa shape index (κ2) is 8.84. The van der Waals surface area contributed by atoms with Gasteiger partial charge in [0.2, 0.25) is 11.8 Å². The van der Waals surface area contributed by atoms with Gasteiger partial charge in [0.05, 0.1) is 12.0 Å². The molecule has 2 atom stereocenters. The third-order valence-corrected chi connectivity index (χ3v) is 5.51. The van der Waals surface area contributed by atoms with Gasteiger partial charge in [-0.1, -0.05) is 20.8 Å². The molecule has 138 valence electrons. The molecule has 2 aliphatic heterocycles. The lowest BCUT2D eigenvalue weighted by Crippen LogP contribution is -2.52. The van der Waals surface area contributed by atoms with Crippen molar-refractivity contribution in [2.45, 2.75) is 59.4 Å². The lowest BCUT2D eigenvalue weighted by atomic mass is 9.93. The molecule has 2 saturated heterocycles. The Bertz CT molecular complexity index is 430. The quantitative estimate of drug-likeness (QED) is 0.836. The number of likely N-dealkylation sites (tertiary alicyclic amines) is 2. The second-order valence-electron chi connectivity index (χ2n) is 8.16. The highest BCUT2D eigenvalue weighted by atomic mass is 16.2. The number of piperidine rings is 2. The summed E-state index contributed by atoms with van der Waals surface area (Å²) in [5.74, 6) is 1.65. The molecule has 5 heteroatoms. The van der Waals surface area contributed by atoms with E-state index in [1.807, 2.05) is 6.92 Å². The molecular formula is C19H35N3O2. The van der Waals surface area contributed by atoms with Crippen LogP contribution in [-0.2, 0) is 9.59 Å². The van der Waals surface area contributed by atoms with Crippen LogP contribution in [0.3, 0.4) is 0 Å². The number of nitrogens with one attached hydrogen (secondary N) is 1. The molecule has 0 spiro atoms. The van der Waals surface area contributed by atoms with Crippen molar-refractivity contribution in [1.82, 2.24) is 15.1 Å². The van der Waals surface area contributed by atoms with Gasteiger partial charge in [0.15, 0.2) is 0 Å². The summed E-state index contributed by atoms with van der Waals surface area (Å²) >= 11 is 0. The van der Waals surface area contributed by atoms with E-state index in [1.165, 1.54) is 0 Å². The molecule has 0 saturated carbocycles. The van der Waals surface area contributed by atoms with Crippen molar-refractivity contribution < 1.29 is 9.59 Å². The highest BCUT2D eigenvalue weighted by Crippen LogP contribution is 2.24. The van der Waals surface area contributed by atoms with Gasteiger partial charge in [-0.3, -0.25) is 14.5 Å². The lowest BCUT2D eigenvalue weighted by Gasteiger charge is -2.39. The Morgan fingerprint density at radius 2 is 1.75 bits per heavy atom. The zero-order valence-corrected chi connectivity index (χ0v) is 15.9. The molecule has 0 radical (unpaired) electrons. The van der Waals surface area contributed by atoms with E-state index in [1.54, 1.807) is 0 Å². The Morgan fingerprint density at radius 3 is 2.38 bits per heavy atom. The molecule has 1 N–H and O–H groups in total. The Kier molecular flexibility index (Phi) is 7.08. The van der Waals surface area contributed by atoms with E-state index in [9.17, 15) is 9.59 Å². The van der Waals surface area contributed by atoms with Crippen molar-refractivity contribution in [2.24, 2.45) is 17.8 Å². The number of carbonyl (C=O) groups excluding carboxylic acids is 2. The van der Waals surface area contributed by atoms with E-state index >= 15 is 0 Å². The number of rotatable bonds is 5. The molecule has 2 rings (SSSR count). The molecule has 2 fully saturated rings. The summed E-state index contributed by atoms with van der Waals surface area (Å²) in [6.45, 7) is 12.6. The maximum absolute atomic E-state index is 12.8. The van der Waals surface area contributed by atoms with Crippen LogP contribution in [0, 0.1) is 17.8 Å². The minimum atomic E-state index is -0.152. The third kappa shape index (κ3) is 5.20. The fraction of sp³-hybridized carbons (Fsp3) is 0.895. The Morgan fingerprint density at radius 1 is 1.08 bits per heavy atom. The number of carbonyl (C=O) groups is 2. The summed E-state index contributed by atoms with van der Waals surface area (Å²) in [5, 5.41) is 3.02. The summed E-state index contributed by atoms with van der Waals surface area (Å²) < 4.78 is 0. The predicted octanol–water partition coefficient (Wildman–Crippen LogP) is 2.12. The van der Waals surface area contributed by atoms with Crippen molar-refractivity contribution in [1.29, 1.82) is 0 Å². The standard InChI is InChI=1S/C19H35N3O2/c1-14(2)12-20-18(23)16(4)22-9-5-6-17(13-22)19(24)21-10-7-15(3)8-11-21/h14-17H,5-13H2,1-4H3,(H,20,23)/t16-,17-/m1/s1. The third-order valence-electron chi connectivity index (χ3n) is 5.51. The van der Waals surface area contributed by atoms with Crippen molar-refractivity contribution in [3.8, 4) is 0 Å². The molecule has 0 unspecified atom stereocenters. The maximum Gasteiger partial charge on any atom is 0.237 e. The monoisotopic (exact) mass is 337 g/mol. The van der Waals surface area contributed by atoms with Gasteiger partial charge in [0.25, 0.3) is 0 Å². The van der Waals surface area contributed by atoms with E-state index in [-0.39, 0.29) is 17.9 Å². The SMILES string of the molecule is CC(C)CNC(=O)[C@@H](C)N1CCC[C@@H](C(=O)N2CCC(C)CC2)C1. The van der Waals surface area contributed by atoms with Gasteiger partial charge in [-0.05, 0) is 51.0 Å². The van der Waals surface area contributed by atoms with Gasteiger partial charge in [-0.15, -0.1) is 0 Å². The van der Waals surface area contributed by atoms with E-state index in [0.717, 1.165) is 57.8 Å². The molecule has 0 aromatic rings. The fourth-order valence-electron chi connectivity index (χ4n) is 3.67. The zero-order chi connectivity index (χ0) is 17.7. The van der Waals surface area contributed by atoms with Crippen molar-refractivity contribution in [3.63, 3.8) is 0 Å². The van der Waals surface area contributed by atoms with Crippen LogP contribution >= 0.6 is 0 Å². The van der Waals surface area contributed by atoms with Crippen molar-refractivity contribution >= 4 is 11.8 Å². The molecule has 24 heavy (non-hydrogen) atoms. The zero-order valence-electron chi connectivity index (χ0n) is 15.9. The first-order valence-corrected chi connectivity index (χ1v) is 9.69. The normalized spacial score (nSPS) is 24.9. The van der Waals surface area contributed by atoms with Crippen LogP contribution in [0.4, 0.5) is 0 Å². The van der Waals surface area contributed by atoms with E-state index in [0.29, 0.717) is 18.4 Å². The summed E-state index contributed by atoms with van der Waals surface area (Å²) in [7, 11) is 0. The van der Waals surface area contributed by atoms with Crippen molar-refractivity contribution in [3.05, 3.63) is 0 Å². The van der Waals surface area contributed by atoms with Gasteiger partial charge in [0.1, 0.15) is 0 Å². The van der Waals surface area contributed by atoms with Gasteiger partial charge >= 0.3 is 0 Å². The van der Waals surface area contributed by atoms with Crippen LogP contribution in [0.25, 0.3) is 0 Å². The van der Waals surface area contributed by atoms with Crippen LogP contribution < -0.4 is 5.32 Å². The topological polar surface area (TPSA) is 52.7 Å². The maximum atomic E-state index is 12.8. The second-order valence-corrected chi connectivity index (χ2v) is 8.16. The highest BCUT2D eigenvalue weighted by molar-refractivity contribution is 5.82. The molecule has 0 aromatic heterocycles. The van der Waals surface area contributed by atoms with Gasteiger partial charge in [-0.2, -0.15) is 0 Å². The Hall–Kier alpha value is -1.10. The lowest BCUT2D eigenvalue weighted by molar-refractivity contribution is -0.140. The van der Waals surface area contributed by atoms with Crippen LogP contribution in [0.15, 0.2) is 0 Å². The first-order chi connectivity index (χ1) is 11.4. The smallest absolute Gasteiger partial charge is 0.237 e. The average Bonchev–Trinajstić information content (AvgIpc) is 2.59. The molecule has 0 bridgehead atoms. The number of hydrogen-bond donors (Lipinski definition) is 1. The van der Waals surface area contributed by atoms with E-state index < -0.39 is 0 Å². The van der Waals surface area contributed by atoms with Crippen LogP contribution in [0.5, 0.6) is 0 Å². The van der Waals surface area contributed by atoms with Gasteiger partial charge in [-0.25, -0.2) is 0 Å². The Labute approximate surface area is 147 Å². The first kappa shape index (κ1) is 19.2. The molecule has 2 heterocycles. The van der Waals surface area contributed by atoms with Crippen molar-refractivity contribution in [2.75, 3.05) is 32.7 Å². The van der Waals surface area contributed by atoms with E-state index in [2.05, 4.69) is 35.9 Å². The number of amides is 2. The molecule has 2 aliphatic rings.